The lowest BCUT2D eigenvalue weighted by Gasteiger charge is -2.27. The predicted octanol–water partition coefficient (Wildman–Crippen LogP) is 7.27. The van der Waals surface area contributed by atoms with E-state index in [9.17, 15) is 0 Å². The Bertz CT molecular complexity index is 1180. The summed E-state index contributed by atoms with van der Waals surface area (Å²) in [5.41, 5.74) is 9.21. The quantitative estimate of drug-likeness (QED) is 0.352. The van der Waals surface area contributed by atoms with E-state index in [1.807, 2.05) is 0 Å². The molecule has 0 saturated heterocycles. The Morgan fingerprint density at radius 3 is 2.29 bits per heavy atom. The van der Waals surface area contributed by atoms with Gasteiger partial charge in [-0.1, -0.05) is 97.8 Å². The molecule has 0 unspecified atom stereocenters. The van der Waals surface area contributed by atoms with Crippen LogP contribution in [0.2, 0.25) is 0 Å². The minimum atomic E-state index is 0.237. The summed E-state index contributed by atoms with van der Waals surface area (Å²) in [5.74, 6) is 0. The first kappa shape index (κ1) is 16.1. The Balaban J connectivity index is 1.57. The summed E-state index contributed by atoms with van der Waals surface area (Å²) in [4.78, 5) is 0. The Morgan fingerprint density at radius 2 is 1.43 bits per heavy atom. The monoisotopic (exact) mass is 360 g/mol. The molecule has 0 heterocycles. The highest BCUT2D eigenvalue weighted by molar-refractivity contribution is 6.02. The van der Waals surface area contributed by atoms with Crippen LogP contribution < -0.4 is 0 Å². The molecule has 1 spiro atoms. The van der Waals surface area contributed by atoms with Crippen LogP contribution in [0.3, 0.4) is 0 Å². The van der Waals surface area contributed by atoms with Gasteiger partial charge in [-0.15, -0.1) is 0 Å². The Labute approximate surface area is 166 Å². The molecule has 0 aromatic heterocycles. The molecule has 0 bridgehead atoms. The van der Waals surface area contributed by atoms with Crippen LogP contribution in [-0.2, 0) is 11.8 Å². The molecule has 4 aromatic carbocycles. The van der Waals surface area contributed by atoms with E-state index in [2.05, 4.69) is 84.9 Å². The minimum Gasteiger partial charge on any atom is -0.0622 e. The van der Waals surface area contributed by atoms with Crippen LogP contribution in [0.25, 0.3) is 21.9 Å². The lowest BCUT2D eigenvalue weighted by molar-refractivity contribution is 0.549. The molecule has 0 N–H and O–H groups in total. The first-order valence-electron chi connectivity index (χ1n) is 10.6. The fourth-order valence-corrected chi connectivity index (χ4v) is 5.77. The summed E-state index contributed by atoms with van der Waals surface area (Å²) in [7, 11) is 0. The molecule has 4 aromatic rings. The largest absolute Gasteiger partial charge is 0.0622 e. The second-order valence-electron chi connectivity index (χ2n) is 8.54. The van der Waals surface area contributed by atoms with E-state index < -0.39 is 0 Å². The standard InChI is InChI=1S/C28H24/c1-2-8-20(9-3-1)18-21-12-14-24-26(19-21)28(16-6-7-17-28)25-15-13-22-10-4-5-11-23(22)27(24)25/h1-5,8-15,19H,6-7,16-18H2. The lowest BCUT2D eigenvalue weighted by atomic mass is 9.76. The summed E-state index contributed by atoms with van der Waals surface area (Å²) in [6.45, 7) is 0. The van der Waals surface area contributed by atoms with E-state index >= 15 is 0 Å². The van der Waals surface area contributed by atoms with Crippen LogP contribution in [0, 0.1) is 0 Å². The van der Waals surface area contributed by atoms with E-state index in [1.54, 1.807) is 11.1 Å². The van der Waals surface area contributed by atoms with Gasteiger partial charge in [0.15, 0.2) is 0 Å². The number of hydrogen-bond acceptors (Lipinski definition) is 0. The van der Waals surface area contributed by atoms with Crippen molar-refractivity contribution >= 4 is 10.8 Å². The molecular weight excluding hydrogens is 336 g/mol. The van der Waals surface area contributed by atoms with Crippen LogP contribution in [0.15, 0.2) is 84.9 Å². The van der Waals surface area contributed by atoms with Gasteiger partial charge in [0.2, 0.25) is 0 Å². The summed E-state index contributed by atoms with van der Waals surface area (Å²) >= 11 is 0. The summed E-state index contributed by atoms with van der Waals surface area (Å²) in [6.07, 6.45) is 6.28. The maximum absolute atomic E-state index is 2.53. The van der Waals surface area contributed by atoms with Gasteiger partial charge >= 0.3 is 0 Å². The van der Waals surface area contributed by atoms with Crippen molar-refractivity contribution in [2.45, 2.75) is 37.5 Å². The smallest absolute Gasteiger partial charge is 0.0215 e. The van der Waals surface area contributed by atoms with Crippen LogP contribution in [0.1, 0.15) is 47.9 Å². The third kappa shape index (κ3) is 2.24. The van der Waals surface area contributed by atoms with Crippen LogP contribution >= 0.6 is 0 Å². The molecule has 0 atom stereocenters. The van der Waals surface area contributed by atoms with E-state index in [-0.39, 0.29) is 5.41 Å². The molecule has 2 aliphatic rings. The molecule has 0 nitrogen and oxygen atoms in total. The van der Waals surface area contributed by atoms with Crippen LogP contribution in [0.4, 0.5) is 0 Å². The van der Waals surface area contributed by atoms with Crippen molar-refractivity contribution < 1.29 is 0 Å². The molecule has 1 fully saturated rings. The van der Waals surface area contributed by atoms with E-state index in [0.29, 0.717) is 0 Å². The lowest BCUT2D eigenvalue weighted by Crippen LogP contribution is -2.20. The van der Waals surface area contributed by atoms with Gasteiger partial charge in [-0.25, -0.2) is 0 Å². The van der Waals surface area contributed by atoms with Crippen molar-refractivity contribution in [2.75, 3.05) is 0 Å². The van der Waals surface area contributed by atoms with Crippen molar-refractivity contribution in [1.29, 1.82) is 0 Å². The molecule has 2 aliphatic carbocycles. The first-order chi connectivity index (χ1) is 13.9. The molecule has 0 heteroatoms. The van der Waals surface area contributed by atoms with E-state index in [1.165, 1.54) is 58.7 Å². The number of benzene rings is 4. The second-order valence-corrected chi connectivity index (χ2v) is 8.54. The van der Waals surface area contributed by atoms with Crippen molar-refractivity contribution in [3.05, 3.63) is 107 Å². The topological polar surface area (TPSA) is 0 Å². The SMILES string of the molecule is c1ccc(Cc2ccc3c(c2)C2(CCCC2)c2ccc4ccccc4c2-3)cc1. The van der Waals surface area contributed by atoms with Gasteiger partial charge < -0.3 is 0 Å². The van der Waals surface area contributed by atoms with Crippen molar-refractivity contribution in [2.24, 2.45) is 0 Å². The number of rotatable bonds is 2. The van der Waals surface area contributed by atoms with Gasteiger partial charge in [-0.3, -0.25) is 0 Å². The number of hydrogen-bond donors (Lipinski definition) is 0. The molecule has 6 rings (SSSR count). The molecule has 0 radical (unpaired) electrons. The Kier molecular flexibility index (Phi) is 3.50. The van der Waals surface area contributed by atoms with Gasteiger partial charge in [0.1, 0.15) is 0 Å². The summed E-state index contributed by atoms with van der Waals surface area (Å²) in [5, 5.41) is 2.77. The molecule has 0 amide bonds. The average molecular weight is 360 g/mol. The van der Waals surface area contributed by atoms with Gasteiger partial charge in [0.05, 0.1) is 0 Å². The second kappa shape index (κ2) is 6.07. The van der Waals surface area contributed by atoms with Crippen LogP contribution in [-0.4, -0.2) is 0 Å². The zero-order chi connectivity index (χ0) is 18.6. The summed E-state index contributed by atoms with van der Waals surface area (Å²) < 4.78 is 0. The zero-order valence-electron chi connectivity index (χ0n) is 16.1. The van der Waals surface area contributed by atoms with Crippen LogP contribution in [0.5, 0.6) is 0 Å². The van der Waals surface area contributed by atoms with Gasteiger partial charge in [0.25, 0.3) is 0 Å². The third-order valence-corrected chi connectivity index (χ3v) is 7.02. The van der Waals surface area contributed by atoms with Crippen molar-refractivity contribution in [3.8, 4) is 11.1 Å². The van der Waals surface area contributed by atoms with Gasteiger partial charge in [0, 0.05) is 5.41 Å². The molecule has 0 aliphatic heterocycles. The minimum absolute atomic E-state index is 0.237. The molecule has 136 valence electrons. The normalized spacial score (nSPS) is 16.4. The highest BCUT2D eigenvalue weighted by Gasteiger charge is 2.45. The predicted molar refractivity (Wildman–Crippen MR) is 118 cm³/mol. The van der Waals surface area contributed by atoms with Crippen molar-refractivity contribution in [3.63, 3.8) is 0 Å². The van der Waals surface area contributed by atoms with Gasteiger partial charge in [-0.2, -0.15) is 0 Å². The zero-order valence-corrected chi connectivity index (χ0v) is 16.1. The fourth-order valence-electron chi connectivity index (χ4n) is 5.77. The Hall–Kier alpha value is -2.86. The third-order valence-electron chi connectivity index (χ3n) is 7.02. The maximum Gasteiger partial charge on any atom is 0.0215 e. The first-order valence-corrected chi connectivity index (χ1v) is 10.6. The highest BCUT2D eigenvalue weighted by atomic mass is 14.5. The molecule has 1 saturated carbocycles. The molecule has 28 heavy (non-hydrogen) atoms. The Morgan fingerprint density at radius 1 is 0.643 bits per heavy atom. The average Bonchev–Trinajstić information content (AvgIpc) is 3.34. The fraction of sp³-hybridized carbons (Fsp3) is 0.214. The number of fused-ring (bicyclic) bond motifs is 7. The van der Waals surface area contributed by atoms with E-state index in [4.69, 9.17) is 0 Å². The van der Waals surface area contributed by atoms with Gasteiger partial charge in [-0.05, 0) is 63.4 Å². The maximum atomic E-state index is 2.53. The highest BCUT2D eigenvalue weighted by Crippen LogP contribution is 2.58. The summed E-state index contributed by atoms with van der Waals surface area (Å²) in [6, 6.07) is 31.8. The molecular formula is C28H24. The van der Waals surface area contributed by atoms with Crippen molar-refractivity contribution in [1.82, 2.24) is 0 Å². The van der Waals surface area contributed by atoms with E-state index in [0.717, 1.165) is 6.42 Å².